The van der Waals surface area contributed by atoms with Crippen LogP contribution in [0.4, 0.5) is 14.5 Å². The summed E-state index contributed by atoms with van der Waals surface area (Å²) in [6, 6.07) is 5.95. The average molecular weight is 421 g/mol. The van der Waals surface area contributed by atoms with Crippen LogP contribution in [0.25, 0.3) is 11.0 Å². The molecule has 0 aliphatic carbocycles. The summed E-state index contributed by atoms with van der Waals surface area (Å²) in [7, 11) is -2.42. The van der Waals surface area contributed by atoms with Crippen molar-refractivity contribution in [3.63, 3.8) is 0 Å². The van der Waals surface area contributed by atoms with Crippen molar-refractivity contribution in [2.75, 3.05) is 17.6 Å². The number of sulfonamides is 1. The molecule has 0 saturated carbocycles. The number of nitrogens with one attached hydrogen (secondary N) is 1. The quantitative estimate of drug-likeness (QED) is 0.588. The molecule has 0 saturated heterocycles. The van der Waals surface area contributed by atoms with Crippen molar-refractivity contribution in [2.24, 2.45) is 0 Å². The number of benzene rings is 2. The minimum Gasteiger partial charge on any atom is -0.480 e. The first kappa shape index (κ1) is 20.6. The summed E-state index contributed by atoms with van der Waals surface area (Å²) in [4.78, 5) is 21.0. The van der Waals surface area contributed by atoms with E-state index in [4.69, 9.17) is 4.74 Å². The minimum absolute atomic E-state index is 0.0357. The predicted molar refractivity (Wildman–Crippen MR) is 104 cm³/mol. The number of hydrogen-bond donors (Lipinski definition) is 1. The van der Waals surface area contributed by atoms with Crippen LogP contribution in [0.1, 0.15) is 29.3 Å². The van der Waals surface area contributed by atoms with Crippen molar-refractivity contribution in [3.8, 4) is 5.88 Å². The molecule has 29 heavy (non-hydrogen) atoms. The Morgan fingerprint density at radius 3 is 2.62 bits per heavy atom. The van der Waals surface area contributed by atoms with Gasteiger partial charge in [0, 0.05) is 5.56 Å². The van der Waals surface area contributed by atoms with Crippen molar-refractivity contribution < 1.29 is 26.7 Å². The van der Waals surface area contributed by atoms with E-state index in [2.05, 4.69) is 9.97 Å². The molecule has 0 atom stereocenters. The molecule has 152 valence electrons. The summed E-state index contributed by atoms with van der Waals surface area (Å²) < 4.78 is 60.0. The lowest BCUT2D eigenvalue weighted by atomic mass is 10.0. The molecule has 2 aromatic carbocycles. The zero-order valence-electron chi connectivity index (χ0n) is 15.6. The van der Waals surface area contributed by atoms with E-state index < -0.39 is 38.7 Å². The highest BCUT2D eigenvalue weighted by molar-refractivity contribution is 7.92. The molecule has 3 rings (SSSR count). The number of nitrogens with zero attached hydrogens (tertiary/aromatic N) is 2. The number of rotatable bonds is 7. The van der Waals surface area contributed by atoms with E-state index in [1.807, 2.05) is 4.72 Å². The predicted octanol–water partition coefficient (Wildman–Crippen LogP) is 3.30. The summed E-state index contributed by atoms with van der Waals surface area (Å²) in [5, 5.41) is 0. The zero-order chi connectivity index (χ0) is 21.2. The molecule has 1 aromatic heterocycles. The first-order valence-corrected chi connectivity index (χ1v) is 10.2. The van der Waals surface area contributed by atoms with Gasteiger partial charge in [-0.3, -0.25) is 9.52 Å². The first-order chi connectivity index (χ1) is 13.8. The normalized spacial score (nSPS) is 11.4. The Labute approximate surface area is 165 Å². The van der Waals surface area contributed by atoms with Gasteiger partial charge in [0.1, 0.15) is 5.82 Å². The van der Waals surface area contributed by atoms with Crippen LogP contribution in [0, 0.1) is 11.6 Å². The number of halogens is 2. The van der Waals surface area contributed by atoms with Crippen molar-refractivity contribution in [3.05, 3.63) is 59.3 Å². The third kappa shape index (κ3) is 4.32. The Kier molecular flexibility index (Phi) is 5.73. The van der Waals surface area contributed by atoms with Gasteiger partial charge in [0.15, 0.2) is 11.6 Å². The van der Waals surface area contributed by atoms with E-state index in [1.54, 1.807) is 6.92 Å². The van der Waals surface area contributed by atoms with E-state index in [-0.39, 0.29) is 17.2 Å². The molecule has 3 aromatic rings. The molecular formula is C19H17F2N3O4S. The van der Waals surface area contributed by atoms with Gasteiger partial charge in [-0.05, 0) is 36.8 Å². The molecular weight excluding hydrogens is 404 g/mol. The number of aromatic nitrogens is 2. The van der Waals surface area contributed by atoms with Crippen LogP contribution in [0.5, 0.6) is 5.88 Å². The number of ether oxygens (including phenoxy) is 1. The topological polar surface area (TPSA) is 98.2 Å². The van der Waals surface area contributed by atoms with Crippen LogP contribution in [-0.2, 0) is 10.0 Å². The number of ketones is 1. The van der Waals surface area contributed by atoms with Crippen molar-refractivity contribution >= 4 is 32.5 Å². The van der Waals surface area contributed by atoms with Gasteiger partial charge >= 0.3 is 0 Å². The largest absolute Gasteiger partial charge is 0.480 e. The van der Waals surface area contributed by atoms with Crippen LogP contribution in [-0.4, -0.2) is 37.0 Å². The van der Waals surface area contributed by atoms with E-state index in [9.17, 15) is 22.0 Å². The van der Waals surface area contributed by atoms with Gasteiger partial charge in [0.25, 0.3) is 0 Å². The van der Waals surface area contributed by atoms with Gasteiger partial charge in [-0.15, -0.1) is 0 Å². The standard InChI is InChI=1S/C19H17F2N3O4S/c1-3-8-29(26,27)24-14-7-5-12(20)17(18(14)21)19(25)11-4-6-13-15(9-11)23-16(28-2)10-22-13/h4-7,9-10,24H,3,8H2,1-2H3. The molecule has 1 heterocycles. The number of methoxy groups -OCH3 is 1. The number of carbonyl (C=O) groups excluding carboxylic acids is 1. The second-order valence-corrected chi connectivity index (χ2v) is 7.99. The average Bonchev–Trinajstić information content (AvgIpc) is 2.69. The smallest absolute Gasteiger partial charge is 0.232 e. The lowest BCUT2D eigenvalue weighted by Gasteiger charge is -2.12. The highest BCUT2D eigenvalue weighted by Gasteiger charge is 2.24. The lowest BCUT2D eigenvalue weighted by molar-refractivity contribution is 0.103. The molecule has 0 spiro atoms. The molecule has 0 aliphatic heterocycles. The summed E-state index contributed by atoms with van der Waals surface area (Å²) in [5.41, 5.74) is -0.631. The molecule has 0 aliphatic rings. The second kappa shape index (κ2) is 8.08. The van der Waals surface area contributed by atoms with Gasteiger partial charge in [0.05, 0.1) is 41.3 Å². The number of carbonyl (C=O) groups is 1. The molecule has 10 heteroatoms. The Morgan fingerprint density at radius 2 is 1.93 bits per heavy atom. The second-order valence-electron chi connectivity index (χ2n) is 6.15. The molecule has 0 fully saturated rings. The van der Waals surface area contributed by atoms with Crippen LogP contribution >= 0.6 is 0 Å². The Morgan fingerprint density at radius 1 is 1.17 bits per heavy atom. The Bertz CT molecular complexity index is 1200. The summed E-state index contributed by atoms with van der Waals surface area (Å²) >= 11 is 0. The Hall–Kier alpha value is -3.14. The monoisotopic (exact) mass is 421 g/mol. The fourth-order valence-corrected chi connectivity index (χ4v) is 3.84. The van der Waals surface area contributed by atoms with Gasteiger partial charge in [0.2, 0.25) is 15.9 Å². The minimum atomic E-state index is -3.82. The lowest BCUT2D eigenvalue weighted by Crippen LogP contribution is -2.18. The van der Waals surface area contributed by atoms with E-state index in [0.29, 0.717) is 17.5 Å². The molecule has 0 amide bonds. The van der Waals surface area contributed by atoms with Crippen molar-refractivity contribution in [2.45, 2.75) is 13.3 Å². The summed E-state index contributed by atoms with van der Waals surface area (Å²) in [6.45, 7) is 1.65. The third-order valence-corrected chi connectivity index (χ3v) is 5.52. The van der Waals surface area contributed by atoms with E-state index in [0.717, 1.165) is 12.1 Å². The highest BCUT2D eigenvalue weighted by atomic mass is 32.2. The maximum absolute atomic E-state index is 14.8. The molecule has 0 radical (unpaired) electrons. The number of anilines is 1. The molecule has 0 unspecified atom stereocenters. The fraction of sp³-hybridized carbons (Fsp3) is 0.211. The highest BCUT2D eigenvalue weighted by Crippen LogP contribution is 2.26. The molecule has 7 nitrogen and oxygen atoms in total. The summed E-state index contributed by atoms with van der Waals surface area (Å²) in [5.74, 6) is -3.37. The van der Waals surface area contributed by atoms with Gasteiger partial charge < -0.3 is 4.74 Å². The van der Waals surface area contributed by atoms with E-state index in [1.165, 1.54) is 31.5 Å². The van der Waals surface area contributed by atoms with Crippen LogP contribution in [0.3, 0.4) is 0 Å². The fourth-order valence-electron chi connectivity index (χ4n) is 2.71. The zero-order valence-corrected chi connectivity index (χ0v) is 16.4. The first-order valence-electron chi connectivity index (χ1n) is 8.59. The van der Waals surface area contributed by atoms with Crippen LogP contribution in [0.15, 0.2) is 36.5 Å². The molecule has 0 bridgehead atoms. The van der Waals surface area contributed by atoms with Crippen LogP contribution < -0.4 is 9.46 Å². The van der Waals surface area contributed by atoms with Crippen molar-refractivity contribution in [1.29, 1.82) is 0 Å². The number of hydrogen-bond acceptors (Lipinski definition) is 6. The van der Waals surface area contributed by atoms with Gasteiger partial charge in [-0.2, -0.15) is 0 Å². The molecule has 1 N–H and O–H groups in total. The third-order valence-electron chi connectivity index (χ3n) is 4.05. The maximum atomic E-state index is 14.8. The Balaban J connectivity index is 2.04. The van der Waals surface area contributed by atoms with E-state index >= 15 is 0 Å². The van der Waals surface area contributed by atoms with Crippen molar-refractivity contribution in [1.82, 2.24) is 9.97 Å². The maximum Gasteiger partial charge on any atom is 0.232 e. The number of fused-ring (bicyclic) bond motifs is 1. The SMILES string of the molecule is CCCS(=O)(=O)Nc1ccc(F)c(C(=O)c2ccc3ncc(OC)nc3c2)c1F. The van der Waals surface area contributed by atoms with Gasteiger partial charge in [-0.25, -0.2) is 27.2 Å². The van der Waals surface area contributed by atoms with Crippen LogP contribution in [0.2, 0.25) is 0 Å². The summed E-state index contributed by atoms with van der Waals surface area (Å²) in [6.07, 6.45) is 1.71. The van der Waals surface area contributed by atoms with Gasteiger partial charge in [-0.1, -0.05) is 6.92 Å².